The van der Waals surface area contributed by atoms with E-state index in [4.69, 9.17) is 4.98 Å². The Labute approximate surface area is 227 Å². The summed E-state index contributed by atoms with van der Waals surface area (Å²) in [5, 5.41) is 17.0. The number of pyridine rings is 1. The van der Waals surface area contributed by atoms with Gasteiger partial charge in [0, 0.05) is 44.0 Å². The molecule has 1 N–H and O–H groups in total. The van der Waals surface area contributed by atoms with Gasteiger partial charge in [-0.25, -0.2) is 4.98 Å². The first-order valence-corrected chi connectivity index (χ1v) is 13.3. The SMILES string of the molecule is Cc1nn(-c2ccccc2)nc1C(=O)N1CCCC(c2cc(NCc3cccnc3)n3ncc(Br)c3n2)C1. The molecule has 6 rings (SSSR count). The molecule has 5 aromatic rings. The number of anilines is 1. The van der Waals surface area contributed by atoms with Crippen LogP contribution in [-0.2, 0) is 6.54 Å². The molecule has 1 atom stereocenters. The second-order valence-electron chi connectivity index (χ2n) is 9.36. The fourth-order valence-corrected chi connectivity index (χ4v) is 5.14. The first kappa shape index (κ1) is 24.2. The molecular weight excluding hydrogens is 546 g/mol. The number of nitrogens with one attached hydrogen (secondary N) is 1. The number of amides is 1. The van der Waals surface area contributed by atoms with E-state index in [0.29, 0.717) is 31.0 Å². The third kappa shape index (κ3) is 4.76. The van der Waals surface area contributed by atoms with Crippen molar-refractivity contribution in [2.45, 2.75) is 32.2 Å². The Balaban J connectivity index is 1.25. The molecule has 0 saturated carbocycles. The number of nitrogens with zero attached hydrogens (tertiary/aromatic N) is 8. The summed E-state index contributed by atoms with van der Waals surface area (Å²) in [6, 6.07) is 15.6. The van der Waals surface area contributed by atoms with E-state index in [1.54, 1.807) is 16.9 Å². The zero-order chi connectivity index (χ0) is 26.1. The summed E-state index contributed by atoms with van der Waals surface area (Å²) in [6.07, 6.45) is 7.17. The summed E-state index contributed by atoms with van der Waals surface area (Å²) in [5.41, 5.74) is 4.55. The van der Waals surface area contributed by atoms with Crippen molar-refractivity contribution in [3.05, 3.63) is 94.2 Å². The Morgan fingerprint density at radius 2 is 2.00 bits per heavy atom. The average Bonchev–Trinajstić information content (AvgIpc) is 3.55. The number of likely N-dealkylation sites (tertiary alicyclic amines) is 1. The third-order valence-electron chi connectivity index (χ3n) is 6.74. The van der Waals surface area contributed by atoms with Crippen LogP contribution in [0.3, 0.4) is 0 Å². The number of fused-ring (bicyclic) bond motifs is 1. The number of aromatic nitrogens is 7. The van der Waals surface area contributed by atoms with Crippen LogP contribution in [-0.4, -0.2) is 58.5 Å². The summed E-state index contributed by atoms with van der Waals surface area (Å²) in [7, 11) is 0. The first-order chi connectivity index (χ1) is 18.6. The minimum absolute atomic E-state index is 0.0860. The maximum absolute atomic E-state index is 13.5. The lowest BCUT2D eigenvalue weighted by atomic mass is 9.94. The largest absolute Gasteiger partial charge is 0.366 e. The molecule has 1 saturated heterocycles. The van der Waals surface area contributed by atoms with Crippen LogP contribution in [0.15, 0.2) is 71.6 Å². The number of carbonyl (C=O) groups is 1. The van der Waals surface area contributed by atoms with Crippen molar-refractivity contribution in [3.63, 3.8) is 0 Å². The second kappa shape index (κ2) is 10.3. The standard InChI is InChI=1S/C27H26BrN9O/c1-18-25(34-37(33-18)21-9-3-2-4-10-21)27(38)35-12-6-8-20(17-35)23-13-24(30-15-19-7-5-11-29-14-19)36-26(32-23)22(28)16-31-36/h2-5,7,9-11,13-14,16,20,30H,6,8,12,15,17H2,1H3. The van der Waals surface area contributed by atoms with E-state index in [2.05, 4.69) is 41.5 Å². The molecule has 0 bridgehead atoms. The fraction of sp³-hybridized carbons (Fsp3) is 0.259. The van der Waals surface area contributed by atoms with E-state index in [-0.39, 0.29) is 11.8 Å². The number of para-hydroxylation sites is 1. The molecule has 10 nitrogen and oxygen atoms in total. The van der Waals surface area contributed by atoms with Gasteiger partial charge in [0.1, 0.15) is 5.82 Å². The molecule has 4 aromatic heterocycles. The van der Waals surface area contributed by atoms with Crippen molar-refractivity contribution in [1.82, 2.24) is 39.5 Å². The van der Waals surface area contributed by atoms with Gasteiger partial charge in [-0.1, -0.05) is 24.3 Å². The Morgan fingerprint density at radius 3 is 2.82 bits per heavy atom. The van der Waals surface area contributed by atoms with Crippen molar-refractivity contribution in [1.29, 1.82) is 0 Å². The lowest BCUT2D eigenvalue weighted by Crippen LogP contribution is -2.39. The minimum atomic E-state index is -0.101. The lowest BCUT2D eigenvalue weighted by Gasteiger charge is -2.32. The highest BCUT2D eigenvalue weighted by molar-refractivity contribution is 9.10. The Morgan fingerprint density at radius 1 is 1.13 bits per heavy atom. The number of benzene rings is 1. The maximum Gasteiger partial charge on any atom is 0.276 e. The highest BCUT2D eigenvalue weighted by atomic mass is 79.9. The quantitative estimate of drug-likeness (QED) is 0.321. The molecule has 38 heavy (non-hydrogen) atoms. The van der Waals surface area contributed by atoms with Crippen LogP contribution in [0.1, 0.15) is 46.2 Å². The van der Waals surface area contributed by atoms with Crippen LogP contribution in [0.5, 0.6) is 0 Å². The molecule has 1 fully saturated rings. The molecule has 1 unspecified atom stereocenters. The topological polar surface area (TPSA) is 106 Å². The molecule has 5 heterocycles. The molecule has 1 aromatic carbocycles. The number of halogens is 1. The van der Waals surface area contributed by atoms with Gasteiger partial charge in [-0.2, -0.15) is 19.5 Å². The smallest absolute Gasteiger partial charge is 0.276 e. The number of hydrogen-bond donors (Lipinski definition) is 1. The molecule has 192 valence electrons. The molecule has 0 aliphatic carbocycles. The van der Waals surface area contributed by atoms with Gasteiger partial charge in [-0.15, -0.1) is 5.10 Å². The number of hydrogen-bond acceptors (Lipinski definition) is 7. The second-order valence-corrected chi connectivity index (χ2v) is 10.2. The highest BCUT2D eigenvalue weighted by Crippen LogP contribution is 2.30. The van der Waals surface area contributed by atoms with Crippen LogP contribution in [0, 0.1) is 6.92 Å². The number of carbonyl (C=O) groups excluding carboxylic acids is 1. The Hall–Kier alpha value is -4.12. The zero-order valence-electron chi connectivity index (χ0n) is 20.8. The molecule has 1 amide bonds. The zero-order valence-corrected chi connectivity index (χ0v) is 22.4. The minimum Gasteiger partial charge on any atom is -0.366 e. The van der Waals surface area contributed by atoms with Crippen molar-refractivity contribution in [2.75, 3.05) is 18.4 Å². The number of piperidine rings is 1. The van der Waals surface area contributed by atoms with Crippen LogP contribution in [0.2, 0.25) is 0 Å². The van der Waals surface area contributed by atoms with Crippen molar-refractivity contribution in [3.8, 4) is 5.69 Å². The summed E-state index contributed by atoms with van der Waals surface area (Å²) in [5.74, 6) is 0.823. The van der Waals surface area contributed by atoms with Gasteiger partial charge in [0.15, 0.2) is 11.3 Å². The summed E-state index contributed by atoms with van der Waals surface area (Å²) in [6.45, 7) is 3.68. The van der Waals surface area contributed by atoms with Gasteiger partial charge in [-0.05, 0) is 59.5 Å². The van der Waals surface area contributed by atoms with Crippen LogP contribution < -0.4 is 5.32 Å². The predicted molar refractivity (Wildman–Crippen MR) is 146 cm³/mol. The van der Waals surface area contributed by atoms with Crippen LogP contribution in [0.4, 0.5) is 5.82 Å². The molecule has 1 aliphatic heterocycles. The molecule has 11 heteroatoms. The van der Waals surface area contributed by atoms with Gasteiger partial charge >= 0.3 is 0 Å². The van der Waals surface area contributed by atoms with Crippen LogP contribution in [0.25, 0.3) is 11.3 Å². The molecule has 0 radical (unpaired) electrons. The van der Waals surface area contributed by atoms with E-state index in [0.717, 1.165) is 45.7 Å². The van der Waals surface area contributed by atoms with Gasteiger partial charge in [-0.3, -0.25) is 9.78 Å². The average molecular weight is 572 g/mol. The van der Waals surface area contributed by atoms with E-state index < -0.39 is 0 Å². The highest BCUT2D eigenvalue weighted by Gasteiger charge is 2.30. The molecule has 1 aliphatic rings. The number of aryl methyl sites for hydroxylation is 1. The number of rotatable bonds is 6. The summed E-state index contributed by atoms with van der Waals surface area (Å²) < 4.78 is 2.61. The maximum atomic E-state index is 13.5. The Bertz CT molecular complexity index is 1580. The van der Waals surface area contributed by atoms with E-state index >= 15 is 0 Å². The predicted octanol–water partition coefficient (Wildman–Crippen LogP) is 4.41. The van der Waals surface area contributed by atoms with E-state index in [9.17, 15) is 4.79 Å². The van der Waals surface area contributed by atoms with E-state index in [1.807, 2.05) is 66.6 Å². The monoisotopic (exact) mass is 571 g/mol. The van der Waals surface area contributed by atoms with Gasteiger partial charge in [0.2, 0.25) is 0 Å². The van der Waals surface area contributed by atoms with Crippen molar-refractivity contribution >= 4 is 33.3 Å². The summed E-state index contributed by atoms with van der Waals surface area (Å²) >= 11 is 3.58. The van der Waals surface area contributed by atoms with Crippen LogP contribution >= 0.6 is 15.9 Å². The molecular formula is C27H26BrN9O. The van der Waals surface area contributed by atoms with E-state index in [1.165, 1.54) is 4.80 Å². The first-order valence-electron chi connectivity index (χ1n) is 12.5. The fourth-order valence-electron chi connectivity index (χ4n) is 4.79. The third-order valence-corrected chi connectivity index (χ3v) is 7.30. The van der Waals surface area contributed by atoms with Crippen molar-refractivity contribution < 1.29 is 4.79 Å². The van der Waals surface area contributed by atoms with Gasteiger partial charge in [0.25, 0.3) is 5.91 Å². The van der Waals surface area contributed by atoms with Crippen molar-refractivity contribution in [2.24, 2.45) is 0 Å². The van der Waals surface area contributed by atoms with Gasteiger partial charge in [0.05, 0.1) is 27.7 Å². The molecule has 0 spiro atoms. The summed E-state index contributed by atoms with van der Waals surface area (Å²) in [4.78, 5) is 26.1. The lowest BCUT2D eigenvalue weighted by molar-refractivity contribution is 0.0698. The Kier molecular flexibility index (Phi) is 6.59. The normalized spacial score (nSPS) is 15.6. The van der Waals surface area contributed by atoms with Gasteiger partial charge < -0.3 is 10.2 Å².